The third-order valence-electron chi connectivity index (χ3n) is 2.46. The molecule has 0 amide bonds. The lowest BCUT2D eigenvalue weighted by atomic mass is 10.0. The highest BCUT2D eigenvalue weighted by Gasteiger charge is 2.19. The predicted octanol–water partition coefficient (Wildman–Crippen LogP) is 1.25. The second-order valence-electron chi connectivity index (χ2n) is 3.73. The van der Waals surface area contributed by atoms with Crippen molar-refractivity contribution < 1.29 is 8.78 Å². The summed E-state index contributed by atoms with van der Waals surface area (Å²) in [6.07, 6.45) is 3.26. The highest BCUT2D eigenvalue weighted by Crippen LogP contribution is 2.23. The van der Waals surface area contributed by atoms with E-state index in [1.807, 2.05) is 0 Å². The summed E-state index contributed by atoms with van der Waals surface area (Å²) in [5, 5.41) is 0. The van der Waals surface area contributed by atoms with Gasteiger partial charge in [-0.3, -0.25) is 5.84 Å². The van der Waals surface area contributed by atoms with Crippen LogP contribution in [-0.4, -0.2) is 9.55 Å². The van der Waals surface area contributed by atoms with Gasteiger partial charge in [0.2, 0.25) is 0 Å². The van der Waals surface area contributed by atoms with Gasteiger partial charge in [0.15, 0.2) is 0 Å². The maximum atomic E-state index is 13.6. The Labute approximate surface area is 97.0 Å². The number of nitrogens with one attached hydrogen (secondary N) is 1. The van der Waals surface area contributed by atoms with E-state index in [4.69, 9.17) is 5.84 Å². The van der Waals surface area contributed by atoms with Gasteiger partial charge >= 0.3 is 0 Å². The number of nitrogens with zero attached hydrogens (tertiary/aromatic N) is 2. The lowest BCUT2D eigenvalue weighted by Gasteiger charge is -2.14. The zero-order valence-corrected chi connectivity index (χ0v) is 9.19. The monoisotopic (exact) mass is 238 g/mol. The van der Waals surface area contributed by atoms with E-state index in [0.717, 1.165) is 18.2 Å². The number of nitrogens with two attached hydrogens (primary N) is 1. The van der Waals surface area contributed by atoms with Gasteiger partial charge in [0, 0.05) is 18.8 Å². The van der Waals surface area contributed by atoms with Crippen LogP contribution in [0, 0.1) is 11.6 Å². The molecule has 6 heteroatoms. The molecule has 1 atom stereocenters. The van der Waals surface area contributed by atoms with Gasteiger partial charge < -0.3 is 4.57 Å². The van der Waals surface area contributed by atoms with Crippen molar-refractivity contribution in [1.29, 1.82) is 0 Å². The second kappa shape index (κ2) is 4.60. The molecule has 0 saturated carbocycles. The SMILES string of the molecule is Cn1cnc(C(NN)c2cc(F)ccc2F)c1. The first-order valence-corrected chi connectivity index (χ1v) is 5.00. The molecule has 1 unspecified atom stereocenters. The lowest BCUT2D eigenvalue weighted by Crippen LogP contribution is -2.30. The van der Waals surface area contributed by atoms with Gasteiger partial charge in [0.1, 0.15) is 11.6 Å². The van der Waals surface area contributed by atoms with E-state index in [9.17, 15) is 8.78 Å². The lowest BCUT2D eigenvalue weighted by molar-refractivity contribution is 0.540. The number of halogens is 2. The maximum absolute atomic E-state index is 13.6. The van der Waals surface area contributed by atoms with Crippen LogP contribution in [0.2, 0.25) is 0 Å². The fraction of sp³-hybridized carbons (Fsp3) is 0.182. The molecular formula is C11H12F2N4. The Bertz CT molecular complexity index is 524. The maximum Gasteiger partial charge on any atom is 0.128 e. The molecule has 0 bridgehead atoms. The first-order chi connectivity index (χ1) is 8.11. The fourth-order valence-electron chi connectivity index (χ4n) is 1.65. The van der Waals surface area contributed by atoms with Gasteiger partial charge in [0.25, 0.3) is 0 Å². The van der Waals surface area contributed by atoms with Gasteiger partial charge in [-0.15, -0.1) is 0 Å². The molecule has 0 aliphatic heterocycles. The third-order valence-corrected chi connectivity index (χ3v) is 2.46. The number of hydrazine groups is 1. The van der Waals surface area contributed by atoms with Crippen LogP contribution in [0.3, 0.4) is 0 Å². The molecule has 4 nitrogen and oxygen atoms in total. The summed E-state index contributed by atoms with van der Waals surface area (Å²) in [6.45, 7) is 0. The number of rotatable bonds is 3. The number of imidazole rings is 1. The van der Waals surface area contributed by atoms with Crippen LogP contribution in [-0.2, 0) is 7.05 Å². The minimum atomic E-state index is -0.674. The molecule has 0 fully saturated rings. The van der Waals surface area contributed by atoms with Crippen LogP contribution in [0.1, 0.15) is 17.3 Å². The average molecular weight is 238 g/mol. The predicted molar refractivity (Wildman–Crippen MR) is 58.7 cm³/mol. The van der Waals surface area contributed by atoms with E-state index in [1.54, 1.807) is 24.1 Å². The molecule has 3 N–H and O–H groups in total. The Morgan fingerprint density at radius 1 is 1.41 bits per heavy atom. The van der Waals surface area contributed by atoms with Crippen LogP contribution in [0.4, 0.5) is 8.78 Å². The molecule has 0 aliphatic carbocycles. The second-order valence-corrected chi connectivity index (χ2v) is 3.73. The topological polar surface area (TPSA) is 55.9 Å². The Morgan fingerprint density at radius 3 is 2.76 bits per heavy atom. The van der Waals surface area contributed by atoms with Crippen molar-refractivity contribution in [1.82, 2.24) is 15.0 Å². The molecule has 90 valence electrons. The smallest absolute Gasteiger partial charge is 0.128 e. The van der Waals surface area contributed by atoms with Crippen molar-refractivity contribution in [2.75, 3.05) is 0 Å². The van der Waals surface area contributed by atoms with Crippen LogP contribution in [0.15, 0.2) is 30.7 Å². The molecule has 0 aliphatic rings. The molecule has 1 aromatic heterocycles. The van der Waals surface area contributed by atoms with Gasteiger partial charge in [0.05, 0.1) is 18.1 Å². The Hall–Kier alpha value is -1.79. The van der Waals surface area contributed by atoms with E-state index >= 15 is 0 Å². The molecule has 1 heterocycles. The number of hydrogen-bond acceptors (Lipinski definition) is 3. The highest BCUT2D eigenvalue weighted by atomic mass is 19.1. The van der Waals surface area contributed by atoms with E-state index in [2.05, 4.69) is 10.4 Å². The van der Waals surface area contributed by atoms with Gasteiger partial charge in [-0.05, 0) is 18.2 Å². The van der Waals surface area contributed by atoms with Crippen molar-refractivity contribution >= 4 is 0 Å². The number of aromatic nitrogens is 2. The summed E-state index contributed by atoms with van der Waals surface area (Å²) >= 11 is 0. The number of hydrogen-bond donors (Lipinski definition) is 2. The third kappa shape index (κ3) is 2.32. The number of aryl methyl sites for hydroxylation is 1. The van der Waals surface area contributed by atoms with Gasteiger partial charge in [-0.25, -0.2) is 19.2 Å². The van der Waals surface area contributed by atoms with E-state index in [0.29, 0.717) is 5.69 Å². The Kier molecular flexibility index (Phi) is 3.16. The van der Waals surface area contributed by atoms with Crippen molar-refractivity contribution in [3.8, 4) is 0 Å². The molecule has 1 aromatic carbocycles. The van der Waals surface area contributed by atoms with Crippen molar-refractivity contribution in [3.05, 3.63) is 53.6 Å². The summed E-state index contributed by atoms with van der Waals surface area (Å²) in [5.74, 6) is 4.33. The first-order valence-electron chi connectivity index (χ1n) is 5.00. The molecule has 0 radical (unpaired) electrons. The van der Waals surface area contributed by atoms with Gasteiger partial charge in [-0.1, -0.05) is 0 Å². The molecule has 0 saturated heterocycles. The minimum Gasteiger partial charge on any atom is -0.340 e. The summed E-state index contributed by atoms with van der Waals surface area (Å²) in [7, 11) is 1.78. The molecule has 2 aromatic rings. The molecule has 2 rings (SSSR count). The average Bonchev–Trinajstić information content (AvgIpc) is 2.71. The van der Waals surface area contributed by atoms with Crippen LogP contribution in [0.5, 0.6) is 0 Å². The van der Waals surface area contributed by atoms with Crippen molar-refractivity contribution in [3.63, 3.8) is 0 Å². The zero-order chi connectivity index (χ0) is 12.4. The summed E-state index contributed by atoms with van der Waals surface area (Å²) < 4.78 is 28.4. The summed E-state index contributed by atoms with van der Waals surface area (Å²) in [6, 6.07) is 2.56. The van der Waals surface area contributed by atoms with E-state index < -0.39 is 17.7 Å². The Balaban J connectivity index is 2.45. The van der Waals surface area contributed by atoms with Crippen LogP contribution < -0.4 is 11.3 Å². The molecule has 17 heavy (non-hydrogen) atoms. The fourth-order valence-corrected chi connectivity index (χ4v) is 1.65. The standard InChI is InChI=1S/C11H12F2N4/c1-17-5-10(15-6-17)11(16-14)8-4-7(12)2-3-9(8)13/h2-6,11,16H,14H2,1H3. The minimum absolute atomic E-state index is 0.131. The summed E-state index contributed by atoms with van der Waals surface area (Å²) in [4.78, 5) is 4.07. The molecular weight excluding hydrogens is 226 g/mol. The van der Waals surface area contributed by atoms with E-state index in [-0.39, 0.29) is 5.56 Å². The molecule has 0 spiro atoms. The highest BCUT2D eigenvalue weighted by molar-refractivity contribution is 5.28. The summed E-state index contributed by atoms with van der Waals surface area (Å²) in [5.41, 5.74) is 3.09. The quantitative estimate of drug-likeness (QED) is 0.625. The largest absolute Gasteiger partial charge is 0.340 e. The Morgan fingerprint density at radius 2 is 2.18 bits per heavy atom. The van der Waals surface area contributed by atoms with Crippen molar-refractivity contribution in [2.45, 2.75) is 6.04 Å². The van der Waals surface area contributed by atoms with Gasteiger partial charge in [-0.2, -0.15) is 0 Å². The van der Waals surface area contributed by atoms with Crippen LogP contribution in [0.25, 0.3) is 0 Å². The number of benzene rings is 1. The van der Waals surface area contributed by atoms with E-state index in [1.165, 1.54) is 0 Å². The first kappa shape index (κ1) is 11.7. The van der Waals surface area contributed by atoms with Crippen LogP contribution >= 0.6 is 0 Å². The van der Waals surface area contributed by atoms with Crippen molar-refractivity contribution in [2.24, 2.45) is 12.9 Å². The zero-order valence-electron chi connectivity index (χ0n) is 9.19. The normalized spacial score (nSPS) is 12.7.